The summed E-state index contributed by atoms with van der Waals surface area (Å²) in [6, 6.07) is 7.66. The summed E-state index contributed by atoms with van der Waals surface area (Å²) in [5.74, 6) is -0.227. The number of hydrogen-bond donors (Lipinski definition) is 1. The minimum absolute atomic E-state index is 0.0534. The predicted molar refractivity (Wildman–Crippen MR) is 76.4 cm³/mol. The minimum Gasteiger partial charge on any atom is -0.276 e. The van der Waals surface area contributed by atoms with Crippen molar-refractivity contribution in [3.05, 3.63) is 61.1 Å². The van der Waals surface area contributed by atoms with E-state index in [1.807, 2.05) is 0 Å². The molecule has 0 amide bonds. The summed E-state index contributed by atoms with van der Waals surface area (Å²) in [7, 11) is -3.86. The van der Waals surface area contributed by atoms with Crippen LogP contribution in [0.2, 0.25) is 0 Å². The van der Waals surface area contributed by atoms with Crippen molar-refractivity contribution in [3.8, 4) is 5.82 Å². The van der Waals surface area contributed by atoms with Crippen molar-refractivity contribution in [1.29, 1.82) is 0 Å². The average Bonchev–Trinajstić information content (AvgIpc) is 3.02. The Bertz CT molecular complexity index is 879. The molecule has 0 bridgehead atoms. The van der Waals surface area contributed by atoms with Crippen LogP contribution in [0, 0.1) is 5.82 Å². The van der Waals surface area contributed by atoms with Gasteiger partial charge in [0.1, 0.15) is 18.5 Å². The average molecular weight is 319 g/mol. The van der Waals surface area contributed by atoms with Crippen LogP contribution in [-0.2, 0) is 10.0 Å². The van der Waals surface area contributed by atoms with E-state index < -0.39 is 15.8 Å². The summed E-state index contributed by atoms with van der Waals surface area (Å²) in [6.45, 7) is 0. The molecule has 9 heteroatoms. The van der Waals surface area contributed by atoms with Gasteiger partial charge in [-0.25, -0.2) is 27.5 Å². The third-order valence-corrected chi connectivity index (χ3v) is 4.17. The van der Waals surface area contributed by atoms with Crippen LogP contribution in [0.4, 0.5) is 10.1 Å². The summed E-state index contributed by atoms with van der Waals surface area (Å²) in [5, 5.41) is 3.92. The zero-order chi connectivity index (χ0) is 15.6. The summed E-state index contributed by atoms with van der Waals surface area (Å²) >= 11 is 0. The third kappa shape index (κ3) is 2.79. The summed E-state index contributed by atoms with van der Waals surface area (Å²) < 4.78 is 41.3. The van der Waals surface area contributed by atoms with Crippen LogP contribution in [0.25, 0.3) is 5.82 Å². The highest BCUT2D eigenvalue weighted by molar-refractivity contribution is 7.92. The van der Waals surface area contributed by atoms with Gasteiger partial charge in [-0.05, 0) is 36.4 Å². The second kappa shape index (κ2) is 5.53. The van der Waals surface area contributed by atoms with Crippen molar-refractivity contribution in [1.82, 2.24) is 19.7 Å². The first-order valence-corrected chi connectivity index (χ1v) is 7.63. The lowest BCUT2D eigenvalue weighted by Crippen LogP contribution is -2.15. The summed E-state index contributed by atoms with van der Waals surface area (Å²) in [6.07, 6.45) is 4.22. The van der Waals surface area contributed by atoms with Gasteiger partial charge in [-0.15, -0.1) is 0 Å². The number of hydrogen-bond acceptors (Lipinski definition) is 5. The Labute approximate surface area is 125 Å². The molecule has 0 radical (unpaired) electrons. The molecule has 0 aliphatic carbocycles. The fraction of sp³-hybridized carbons (Fsp3) is 0. The van der Waals surface area contributed by atoms with Crippen LogP contribution in [0.1, 0.15) is 0 Å². The molecule has 0 aliphatic rings. The normalized spacial score (nSPS) is 11.3. The number of aromatic nitrogens is 4. The first-order chi connectivity index (χ1) is 10.6. The fourth-order valence-corrected chi connectivity index (χ4v) is 2.86. The minimum atomic E-state index is -3.86. The molecule has 0 unspecified atom stereocenters. The van der Waals surface area contributed by atoms with E-state index in [4.69, 9.17) is 0 Å². The van der Waals surface area contributed by atoms with E-state index >= 15 is 0 Å². The zero-order valence-electron chi connectivity index (χ0n) is 11.1. The molecule has 7 nitrogen and oxygen atoms in total. The van der Waals surface area contributed by atoms with Gasteiger partial charge in [0, 0.05) is 6.20 Å². The van der Waals surface area contributed by atoms with Crippen molar-refractivity contribution >= 4 is 15.7 Å². The van der Waals surface area contributed by atoms with E-state index in [0.717, 1.165) is 12.1 Å². The highest BCUT2D eigenvalue weighted by atomic mass is 32.2. The van der Waals surface area contributed by atoms with Crippen molar-refractivity contribution in [2.24, 2.45) is 0 Å². The molecular formula is C13H10FN5O2S. The lowest BCUT2D eigenvalue weighted by atomic mass is 10.4. The summed E-state index contributed by atoms with van der Waals surface area (Å²) in [5.41, 5.74) is 0.234. The molecule has 22 heavy (non-hydrogen) atoms. The van der Waals surface area contributed by atoms with Crippen LogP contribution in [-0.4, -0.2) is 28.2 Å². The Morgan fingerprint density at radius 3 is 2.59 bits per heavy atom. The highest BCUT2D eigenvalue weighted by Gasteiger charge is 2.17. The fourth-order valence-electron chi connectivity index (χ4n) is 1.79. The van der Waals surface area contributed by atoms with Crippen molar-refractivity contribution in [2.45, 2.75) is 4.90 Å². The number of anilines is 1. The smallest absolute Gasteiger partial charge is 0.262 e. The van der Waals surface area contributed by atoms with E-state index in [0.29, 0.717) is 0 Å². The van der Waals surface area contributed by atoms with Crippen molar-refractivity contribution < 1.29 is 12.8 Å². The summed E-state index contributed by atoms with van der Waals surface area (Å²) in [4.78, 5) is 7.83. The molecule has 112 valence electrons. The lowest BCUT2D eigenvalue weighted by molar-refractivity contribution is 0.599. The monoisotopic (exact) mass is 319 g/mol. The van der Waals surface area contributed by atoms with E-state index in [2.05, 4.69) is 19.8 Å². The van der Waals surface area contributed by atoms with Gasteiger partial charge in [-0.2, -0.15) is 5.10 Å². The van der Waals surface area contributed by atoms with Crippen LogP contribution in [0.15, 0.2) is 60.1 Å². The van der Waals surface area contributed by atoms with E-state index in [-0.39, 0.29) is 16.4 Å². The predicted octanol–water partition coefficient (Wildman–Crippen LogP) is 1.60. The van der Waals surface area contributed by atoms with E-state index in [1.165, 1.54) is 35.7 Å². The largest absolute Gasteiger partial charge is 0.276 e. The van der Waals surface area contributed by atoms with Gasteiger partial charge in [0.15, 0.2) is 5.82 Å². The van der Waals surface area contributed by atoms with Crippen molar-refractivity contribution in [3.63, 3.8) is 0 Å². The second-order valence-electron chi connectivity index (χ2n) is 4.27. The van der Waals surface area contributed by atoms with Crippen LogP contribution >= 0.6 is 0 Å². The molecule has 3 rings (SSSR count). The topological polar surface area (TPSA) is 89.8 Å². The lowest BCUT2D eigenvalue weighted by Gasteiger charge is -2.11. The molecule has 3 aromatic rings. The van der Waals surface area contributed by atoms with Crippen LogP contribution < -0.4 is 4.72 Å². The van der Waals surface area contributed by atoms with Gasteiger partial charge in [-0.3, -0.25) is 4.72 Å². The molecule has 0 aliphatic heterocycles. The SMILES string of the molecule is O=S(=O)(Nc1cccnc1-n1cncn1)c1ccc(F)cc1. The molecule has 0 saturated carbocycles. The molecule has 0 spiro atoms. The Hall–Kier alpha value is -2.81. The Balaban J connectivity index is 1.98. The number of halogens is 1. The van der Waals surface area contributed by atoms with Gasteiger partial charge in [0.25, 0.3) is 10.0 Å². The number of benzene rings is 1. The Morgan fingerprint density at radius 2 is 1.91 bits per heavy atom. The van der Waals surface area contributed by atoms with E-state index in [9.17, 15) is 12.8 Å². The molecule has 2 aromatic heterocycles. The molecule has 2 heterocycles. The van der Waals surface area contributed by atoms with Gasteiger partial charge in [-0.1, -0.05) is 0 Å². The molecule has 0 atom stereocenters. The first kappa shape index (κ1) is 14.1. The number of pyridine rings is 1. The third-order valence-electron chi connectivity index (χ3n) is 2.79. The number of sulfonamides is 1. The van der Waals surface area contributed by atoms with Gasteiger partial charge >= 0.3 is 0 Å². The standard InChI is InChI=1S/C13H10FN5O2S/c14-10-3-5-11(6-4-10)22(20,21)18-12-2-1-7-16-13(12)19-9-15-8-17-19/h1-9,18H. The van der Waals surface area contributed by atoms with Gasteiger partial charge in [0.2, 0.25) is 0 Å². The quantitative estimate of drug-likeness (QED) is 0.789. The first-order valence-electron chi connectivity index (χ1n) is 6.15. The van der Waals surface area contributed by atoms with Gasteiger partial charge < -0.3 is 0 Å². The second-order valence-corrected chi connectivity index (χ2v) is 5.96. The molecule has 1 aromatic carbocycles. The Morgan fingerprint density at radius 1 is 1.14 bits per heavy atom. The van der Waals surface area contributed by atoms with Crippen LogP contribution in [0.5, 0.6) is 0 Å². The maximum atomic E-state index is 12.9. The molecule has 0 saturated heterocycles. The molecule has 0 fully saturated rings. The number of nitrogens with zero attached hydrogens (tertiary/aromatic N) is 4. The number of nitrogens with one attached hydrogen (secondary N) is 1. The van der Waals surface area contributed by atoms with Gasteiger partial charge in [0.05, 0.1) is 10.6 Å². The molecular weight excluding hydrogens is 309 g/mol. The maximum Gasteiger partial charge on any atom is 0.262 e. The Kier molecular flexibility index (Phi) is 3.55. The molecule has 1 N–H and O–H groups in total. The van der Waals surface area contributed by atoms with Crippen molar-refractivity contribution in [2.75, 3.05) is 4.72 Å². The maximum absolute atomic E-state index is 12.9. The van der Waals surface area contributed by atoms with E-state index in [1.54, 1.807) is 12.1 Å². The van der Waals surface area contributed by atoms with Crippen LogP contribution in [0.3, 0.4) is 0 Å². The number of rotatable bonds is 4. The zero-order valence-corrected chi connectivity index (χ0v) is 11.9. The highest BCUT2D eigenvalue weighted by Crippen LogP contribution is 2.20.